The topological polar surface area (TPSA) is 95.1 Å². The molecule has 1 amide bonds. The highest BCUT2D eigenvalue weighted by molar-refractivity contribution is 7.85. The minimum atomic E-state index is -4.27. The first-order valence-electron chi connectivity index (χ1n) is 6.64. The first kappa shape index (κ1) is 16.2. The van der Waals surface area contributed by atoms with Gasteiger partial charge in [-0.2, -0.15) is 0 Å². The minimum Gasteiger partial charge on any atom is -0.744 e. The lowest BCUT2D eigenvalue weighted by Gasteiger charge is -2.07. The molecule has 22 heavy (non-hydrogen) atoms. The summed E-state index contributed by atoms with van der Waals surface area (Å²) >= 11 is 0. The fraction of sp³-hybridized carbons (Fsp3) is 0.286. The van der Waals surface area contributed by atoms with Crippen LogP contribution in [-0.4, -0.2) is 30.1 Å². The molecule has 8 heteroatoms. The smallest absolute Gasteiger partial charge is 0.413 e. The van der Waals surface area contributed by atoms with Crippen molar-refractivity contribution in [3.8, 4) is 0 Å². The number of rotatable bonds is 1. The molecule has 1 aliphatic rings. The summed E-state index contributed by atoms with van der Waals surface area (Å²) in [7, 11) is -2.35. The Labute approximate surface area is 129 Å². The monoisotopic (exact) mass is 323 g/mol. The van der Waals surface area contributed by atoms with Crippen molar-refractivity contribution in [2.24, 2.45) is 7.05 Å². The zero-order chi connectivity index (χ0) is 16.3. The maximum atomic E-state index is 11.1. The van der Waals surface area contributed by atoms with Crippen LogP contribution in [0.15, 0.2) is 41.7 Å². The Balaban J connectivity index is 0.000000160. The fourth-order valence-corrected chi connectivity index (χ4v) is 2.51. The third kappa shape index (κ3) is 3.92. The standard InChI is InChI=1S/C7H9N3O.C7H8O3S/c1-9-4-6-2-3-8-7(11)10(6)5-9;1-6-2-4-7(5-3-6)11(8,9)10/h4-5H,2-3H2,1H3;2-5H,1H3,(H,8,9,10). The van der Waals surface area contributed by atoms with E-state index in [1.54, 1.807) is 23.0 Å². The van der Waals surface area contributed by atoms with Crippen molar-refractivity contribution in [1.29, 1.82) is 0 Å². The lowest BCUT2D eigenvalue weighted by molar-refractivity contribution is -0.670. The van der Waals surface area contributed by atoms with E-state index in [0.717, 1.165) is 24.2 Å². The van der Waals surface area contributed by atoms with E-state index in [1.165, 1.54) is 12.1 Å². The second-order valence-corrected chi connectivity index (χ2v) is 6.40. The highest BCUT2D eigenvalue weighted by Gasteiger charge is 2.22. The third-order valence-electron chi connectivity index (χ3n) is 3.15. The number of fused-ring (bicyclic) bond motifs is 1. The normalized spacial score (nSPS) is 13.7. The van der Waals surface area contributed by atoms with Crippen LogP contribution in [0.5, 0.6) is 0 Å². The molecular formula is C14H17N3O4S. The molecule has 1 aliphatic heterocycles. The largest absolute Gasteiger partial charge is 0.744 e. The summed E-state index contributed by atoms with van der Waals surface area (Å²) in [5.41, 5.74) is 2.01. The highest BCUT2D eigenvalue weighted by Crippen LogP contribution is 2.08. The van der Waals surface area contributed by atoms with Crippen molar-refractivity contribution in [3.63, 3.8) is 0 Å². The van der Waals surface area contributed by atoms with Crippen LogP contribution in [0.3, 0.4) is 0 Å². The number of benzene rings is 1. The van der Waals surface area contributed by atoms with E-state index in [0.29, 0.717) is 0 Å². The van der Waals surface area contributed by atoms with E-state index < -0.39 is 10.1 Å². The zero-order valence-electron chi connectivity index (χ0n) is 12.3. The molecule has 2 aromatic rings. The number of imidazole rings is 1. The van der Waals surface area contributed by atoms with Gasteiger partial charge in [-0.15, -0.1) is 4.57 Å². The van der Waals surface area contributed by atoms with Gasteiger partial charge in [-0.25, -0.2) is 17.8 Å². The van der Waals surface area contributed by atoms with Gasteiger partial charge < -0.3 is 9.87 Å². The lowest BCUT2D eigenvalue weighted by atomic mass is 10.2. The molecule has 0 atom stereocenters. The molecule has 1 N–H and O–H groups in total. The molecule has 7 nitrogen and oxygen atoms in total. The third-order valence-corrected chi connectivity index (χ3v) is 4.00. The second-order valence-electron chi connectivity index (χ2n) is 5.02. The minimum absolute atomic E-state index is 0.0214. The van der Waals surface area contributed by atoms with Gasteiger partial charge in [-0.1, -0.05) is 17.7 Å². The predicted octanol–water partition coefficient (Wildman–Crippen LogP) is 0.326. The first-order chi connectivity index (χ1) is 10.3. The van der Waals surface area contributed by atoms with Gasteiger partial charge >= 0.3 is 6.03 Å². The molecule has 2 heterocycles. The molecular weight excluding hydrogens is 306 g/mol. The fourth-order valence-electron chi connectivity index (χ4n) is 2.04. The molecule has 3 rings (SSSR count). The molecule has 0 saturated carbocycles. The van der Waals surface area contributed by atoms with Crippen molar-refractivity contribution in [3.05, 3.63) is 48.0 Å². The Bertz CT molecular complexity index is 779. The number of amides is 1. The van der Waals surface area contributed by atoms with E-state index in [9.17, 15) is 17.8 Å². The number of carbonyl (C=O) groups excluding carboxylic acids is 1. The first-order valence-corrected chi connectivity index (χ1v) is 8.05. The van der Waals surface area contributed by atoms with E-state index in [2.05, 4.69) is 5.32 Å². The number of aryl methyl sites for hydroxylation is 2. The average molecular weight is 323 g/mol. The predicted molar refractivity (Wildman–Crippen MR) is 77.3 cm³/mol. The summed E-state index contributed by atoms with van der Waals surface area (Å²) in [5.74, 6) is 0. The van der Waals surface area contributed by atoms with Crippen LogP contribution in [-0.2, 0) is 23.6 Å². The van der Waals surface area contributed by atoms with Gasteiger partial charge in [0.15, 0.2) is 5.69 Å². The summed E-state index contributed by atoms with van der Waals surface area (Å²) in [6, 6.07) is 5.76. The summed E-state index contributed by atoms with van der Waals surface area (Å²) in [4.78, 5) is 11.0. The van der Waals surface area contributed by atoms with Gasteiger partial charge in [-0.3, -0.25) is 0 Å². The van der Waals surface area contributed by atoms with Crippen LogP contribution in [0.2, 0.25) is 0 Å². The number of aromatic nitrogens is 2. The molecule has 0 bridgehead atoms. The summed E-state index contributed by atoms with van der Waals surface area (Å²) in [6.07, 6.45) is 4.68. The molecule has 1 aromatic carbocycles. The maximum Gasteiger partial charge on any atom is 0.413 e. The zero-order valence-corrected chi connectivity index (χ0v) is 13.1. The maximum absolute atomic E-state index is 11.1. The molecule has 0 spiro atoms. The Morgan fingerprint density at radius 3 is 2.45 bits per heavy atom. The lowest BCUT2D eigenvalue weighted by Crippen LogP contribution is -2.36. The van der Waals surface area contributed by atoms with Crippen LogP contribution >= 0.6 is 0 Å². The van der Waals surface area contributed by atoms with E-state index >= 15 is 0 Å². The molecule has 118 valence electrons. The summed E-state index contributed by atoms with van der Waals surface area (Å²) in [6.45, 7) is 2.57. The van der Waals surface area contributed by atoms with Gasteiger partial charge in [0.1, 0.15) is 16.3 Å². The second kappa shape index (κ2) is 6.29. The van der Waals surface area contributed by atoms with E-state index in [-0.39, 0.29) is 10.9 Å². The van der Waals surface area contributed by atoms with Gasteiger partial charge in [0.2, 0.25) is 0 Å². The molecule has 0 aliphatic carbocycles. The van der Waals surface area contributed by atoms with Crippen molar-refractivity contribution in [1.82, 2.24) is 9.88 Å². The Morgan fingerprint density at radius 1 is 1.27 bits per heavy atom. The number of hydrogen-bond acceptors (Lipinski definition) is 4. The summed E-state index contributed by atoms with van der Waals surface area (Å²) < 4.78 is 34.7. The Hall–Kier alpha value is -2.19. The van der Waals surface area contributed by atoms with Gasteiger partial charge in [0.05, 0.1) is 11.9 Å². The van der Waals surface area contributed by atoms with Crippen molar-refractivity contribution in [2.75, 3.05) is 6.54 Å². The molecule has 0 unspecified atom stereocenters. The summed E-state index contributed by atoms with van der Waals surface area (Å²) in [5, 5.41) is 2.76. The van der Waals surface area contributed by atoms with E-state index in [4.69, 9.17) is 0 Å². The van der Waals surface area contributed by atoms with Gasteiger partial charge in [0.25, 0.3) is 6.33 Å². The van der Waals surface area contributed by atoms with E-state index in [1.807, 2.05) is 24.7 Å². The quantitative estimate of drug-likeness (QED) is 0.604. The van der Waals surface area contributed by atoms with Crippen LogP contribution < -0.4 is 9.88 Å². The molecule has 1 aromatic heterocycles. The molecule has 0 fully saturated rings. The van der Waals surface area contributed by atoms with Gasteiger partial charge in [-0.05, 0) is 19.1 Å². The number of nitrogens with one attached hydrogen (secondary N) is 1. The SMILES string of the molecule is C[n+]1cc2n(c1)C(=O)NCC2.Cc1ccc(S(=O)(=O)[O-])cc1. The number of hydrogen-bond donors (Lipinski definition) is 1. The van der Waals surface area contributed by atoms with Crippen LogP contribution in [0.1, 0.15) is 11.3 Å². The van der Waals surface area contributed by atoms with Crippen LogP contribution in [0.4, 0.5) is 4.79 Å². The van der Waals surface area contributed by atoms with Crippen LogP contribution in [0.25, 0.3) is 0 Å². The van der Waals surface area contributed by atoms with Crippen molar-refractivity contribution >= 4 is 16.1 Å². The number of nitrogens with zero attached hydrogens (tertiary/aromatic N) is 2. The molecule has 0 saturated heterocycles. The average Bonchev–Trinajstić information content (AvgIpc) is 2.81. The molecule has 0 radical (unpaired) electrons. The number of carbonyl (C=O) groups is 1. The Kier molecular flexibility index (Phi) is 4.62. The Morgan fingerprint density at radius 2 is 1.91 bits per heavy atom. The highest BCUT2D eigenvalue weighted by atomic mass is 32.2. The van der Waals surface area contributed by atoms with Crippen molar-refractivity contribution < 1.29 is 22.3 Å². The van der Waals surface area contributed by atoms with Gasteiger partial charge in [0, 0.05) is 13.0 Å². The van der Waals surface area contributed by atoms with Crippen molar-refractivity contribution in [2.45, 2.75) is 18.2 Å². The van der Waals surface area contributed by atoms with Crippen LogP contribution in [0, 0.1) is 6.92 Å².